The number of furan rings is 1. The van der Waals surface area contributed by atoms with E-state index in [4.69, 9.17) is 13.6 Å². The van der Waals surface area contributed by atoms with Gasteiger partial charge in [-0.05, 0) is 31.0 Å². The molecule has 1 aliphatic rings. The number of aryl methyl sites for hydroxylation is 2. The lowest BCUT2D eigenvalue weighted by Crippen LogP contribution is -2.20. The maximum Gasteiger partial charge on any atom is 0.349 e. The monoisotopic (exact) mass is 398 g/mol. The zero-order valence-electron chi connectivity index (χ0n) is 14.8. The third kappa shape index (κ3) is 2.64. The zero-order valence-corrected chi connectivity index (χ0v) is 15.6. The van der Waals surface area contributed by atoms with Crippen molar-refractivity contribution in [3.8, 4) is 11.7 Å². The molecular formula is C18H14N4O5S. The summed E-state index contributed by atoms with van der Waals surface area (Å²) < 4.78 is 17.6. The molecule has 0 N–H and O–H groups in total. The van der Waals surface area contributed by atoms with Crippen LogP contribution in [-0.2, 0) is 24.3 Å². The first-order valence-electron chi connectivity index (χ1n) is 8.68. The predicted octanol–water partition coefficient (Wildman–Crippen LogP) is 2.71. The Morgan fingerprint density at radius 1 is 1.39 bits per heavy atom. The number of thiophene rings is 1. The Kier molecular flexibility index (Phi) is 3.86. The van der Waals surface area contributed by atoms with Gasteiger partial charge in [-0.3, -0.25) is 9.36 Å². The Hall–Kier alpha value is -3.27. The maximum atomic E-state index is 12.7. The molecule has 142 valence electrons. The van der Waals surface area contributed by atoms with Crippen molar-refractivity contribution in [2.45, 2.75) is 32.9 Å². The highest BCUT2D eigenvalue weighted by Crippen LogP contribution is 2.29. The van der Waals surface area contributed by atoms with Crippen molar-refractivity contribution in [3.63, 3.8) is 0 Å². The van der Waals surface area contributed by atoms with Gasteiger partial charge < -0.3 is 13.6 Å². The van der Waals surface area contributed by atoms with Crippen LogP contribution in [0, 0.1) is 6.92 Å². The Morgan fingerprint density at radius 2 is 2.29 bits per heavy atom. The molecule has 0 bridgehead atoms. The van der Waals surface area contributed by atoms with Crippen LogP contribution in [0.25, 0.3) is 21.9 Å². The molecule has 0 atom stereocenters. The van der Waals surface area contributed by atoms with Gasteiger partial charge in [-0.15, -0.1) is 21.5 Å². The molecule has 0 spiro atoms. The van der Waals surface area contributed by atoms with E-state index in [0.717, 1.165) is 18.7 Å². The van der Waals surface area contributed by atoms with E-state index in [1.807, 2.05) is 0 Å². The lowest BCUT2D eigenvalue weighted by atomic mass is 10.2. The number of carbonyl (C=O) groups excluding carboxylic acids is 1. The van der Waals surface area contributed by atoms with Gasteiger partial charge in [0.05, 0.1) is 11.6 Å². The molecule has 10 heteroatoms. The SMILES string of the molecule is Cc1c(C(=O)OCc2nnc(-c3ccco3)o2)sc2nc3n(c(=O)c12)CCC3. The van der Waals surface area contributed by atoms with Gasteiger partial charge in [0.1, 0.15) is 15.5 Å². The lowest BCUT2D eigenvalue weighted by molar-refractivity contribution is 0.0443. The van der Waals surface area contributed by atoms with Crippen LogP contribution in [-0.4, -0.2) is 25.7 Å². The number of fused-ring (bicyclic) bond motifs is 2. The van der Waals surface area contributed by atoms with E-state index in [0.29, 0.717) is 33.0 Å². The topological polar surface area (TPSA) is 113 Å². The van der Waals surface area contributed by atoms with Gasteiger partial charge in [0.2, 0.25) is 0 Å². The molecule has 1 aliphatic heterocycles. The summed E-state index contributed by atoms with van der Waals surface area (Å²) in [4.78, 5) is 30.7. The highest BCUT2D eigenvalue weighted by Gasteiger charge is 2.24. The smallest absolute Gasteiger partial charge is 0.349 e. The minimum Gasteiger partial charge on any atom is -0.459 e. The number of rotatable bonds is 4. The Morgan fingerprint density at radius 3 is 3.11 bits per heavy atom. The molecule has 4 aromatic rings. The van der Waals surface area contributed by atoms with Crippen LogP contribution in [0.1, 0.15) is 33.4 Å². The first-order valence-corrected chi connectivity index (χ1v) is 9.49. The molecule has 0 aliphatic carbocycles. The molecule has 4 aromatic heterocycles. The van der Waals surface area contributed by atoms with Crippen molar-refractivity contribution in [3.05, 3.63) is 50.9 Å². The van der Waals surface area contributed by atoms with E-state index in [-0.39, 0.29) is 23.9 Å². The molecular weight excluding hydrogens is 384 g/mol. The largest absolute Gasteiger partial charge is 0.459 e. The van der Waals surface area contributed by atoms with Gasteiger partial charge in [-0.1, -0.05) is 0 Å². The van der Waals surface area contributed by atoms with Gasteiger partial charge in [-0.2, -0.15) is 0 Å². The molecule has 9 nitrogen and oxygen atoms in total. The summed E-state index contributed by atoms with van der Waals surface area (Å²) in [6.07, 6.45) is 3.19. The van der Waals surface area contributed by atoms with Crippen LogP contribution < -0.4 is 5.56 Å². The molecule has 0 saturated carbocycles. The lowest BCUT2D eigenvalue weighted by Gasteiger charge is -2.02. The fourth-order valence-corrected chi connectivity index (χ4v) is 4.36. The quantitative estimate of drug-likeness (QED) is 0.482. The number of carbonyl (C=O) groups is 1. The Labute approximate surface area is 161 Å². The van der Waals surface area contributed by atoms with Crippen LogP contribution in [0.15, 0.2) is 32.0 Å². The van der Waals surface area contributed by atoms with Crippen molar-refractivity contribution in [2.75, 3.05) is 0 Å². The summed E-state index contributed by atoms with van der Waals surface area (Å²) >= 11 is 1.17. The fourth-order valence-electron chi connectivity index (χ4n) is 3.27. The normalized spacial score (nSPS) is 13.2. The zero-order chi connectivity index (χ0) is 19.3. The van der Waals surface area contributed by atoms with Gasteiger partial charge in [0.15, 0.2) is 12.4 Å². The molecule has 0 aromatic carbocycles. The molecule has 0 radical (unpaired) electrons. The van der Waals surface area contributed by atoms with Crippen molar-refractivity contribution in [1.82, 2.24) is 19.7 Å². The second-order valence-corrected chi connectivity index (χ2v) is 7.38. The summed E-state index contributed by atoms with van der Waals surface area (Å²) in [5.41, 5.74) is 0.497. The molecule has 5 rings (SSSR count). The molecule has 28 heavy (non-hydrogen) atoms. The third-order valence-corrected chi connectivity index (χ3v) is 5.79. The van der Waals surface area contributed by atoms with Crippen molar-refractivity contribution in [1.29, 1.82) is 0 Å². The minimum absolute atomic E-state index is 0.0923. The van der Waals surface area contributed by atoms with E-state index in [9.17, 15) is 9.59 Å². The number of esters is 1. The highest BCUT2D eigenvalue weighted by atomic mass is 32.1. The number of aromatic nitrogens is 4. The van der Waals surface area contributed by atoms with E-state index in [2.05, 4.69) is 15.2 Å². The summed E-state index contributed by atoms with van der Waals surface area (Å²) in [7, 11) is 0. The summed E-state index contributed by atoms with van der Waals surface area (Å²) in [6.45, 7) is 2.23. The summed E-state index contributed by atoms with van der Waals surface area (Å²) in [5.74, 6) is 1.01. The first-order chi connectivity index (χ1) is 13.6. The van der Waals surface area contributed by atoms with E-state index in [1.165, 1.54) is 17.6 Å². The number of hydrogen-bond donors (Lipinski definition) is 0. The number of nitrogens with zero attached hydrogens (tertiary/aromatic N) is 4. The Bertz CT molecular complexity index is 1250. The fraction of sp³-hybridized carbons (Fsp3) is 0.278. The minimum atomic E-state index is -0.553. The Balaban J connectivity index is 1.39. The third-order valence-electron chi connectivity index (χ3n) is 4.62. The van der Waals surface area contributed by atoms with Crippen molar-refractivity contribution >= 4 is 27.5 Å². The second kappa shape index (κ2) is 6.41. The van der Waals surface area contributed by atoms with Crippen LogP contribution in [0.4, 0.5) is 0 Å². The molecule has 0 fully saturated rings. The number of ether oxygens (including phenoxy) is 1. The van der Waals surface area contributed by atoms with E-state index in [1.54, 1.807) is 23.6 Å². The summed E-state index contributed by atoms with van der Waals surface area (Å²) in [6, 6.07) is 3.39. The van der Waals surface area contributed by atoms with Gasteiger partial charge >= 0.3 is 5.97 Å². The summed E-state index contributed by atoms with van der Waals surface area (Å²) in [5, 5.41) is 8.18. The average molecular weight is 398 g/mol. The number of hydrogen-bond acceptors (Lipinski definition) is 9. The van der Waals surface area contributed by atoms with Crippen LogP contribution in [0.3, 0.4) is 0 Å². The van der Waals surface area contributed by atoms with Gasteiger partial charge in [0.25, 0.3) is 17.3 Å². The highest BCUT2D eigenvalue weighted by molar-refractivity contribution is 7.20. The van der Waals surface area contributed by atoms with Crippen molar-refractivity contribution < 1.29 is 18.4 Å². The van der Waals surface area contributed by atoms with Crippen LogP contribution in [0.5, 0.6) is 0 Å². The average Bonchev–Trinajstić information content (AvgIpc) is 3.46. The van der Waals surface area contributed by atoms with Crippen LogP contribution >= 0.6 is 11.3 Å². The van der Waals surface area contributed by atoms with E-state index < -0.39 is 5.97 Å². The van der Waals surface area contributed by atoms with Crippen LogP contribution in [0.2, 0.25) is 0 Å². The standard InChI is InChI=1S/C18H14N4O5S/c1-9-13-16(19-11-5-2-6-22(11)17(13)23)28-14(9)18(24)26-8-12-20-21-15(27-12)10-4-3-7-25-10/h3-4,7H,2,5-6,8H2,1H3. The van der Waals surface area contributed by atoms with E-state index >= 15 is 0 Å². The molecule has 0 saturated heterocycles. The van der Waals surface area contributed by atoms with Crippen molar-refractivity contribution in [2.24, 2.45) is 0 Å². The predicted molar refractivity (Wildman–Crippen MR) is 98.1 cm³/mol. The molecule has 0 amide bonds. The van der Waals surface area contributed by atoms with Gasteiger partial charge in [-0.25, -0.2) is 9.78 Å². The molecule has 5 heterocycles. The second-order valence-electron chi connectivity index (χ2n) is 6.38. The first kappa shape index (κ1) is 16.9. The molecule has 0 unspecified atom stereocenters. The maximum absolute atomic E-state index is 12.7. The van der Waals surface area contributed by atoms with Gasteiger partial charge in [0, 0.05) is 13.0 Å².